The molecule has 0 aromatic carbocycles. The van der Waals surface area contributed by atoms with E-state index in [-0.39, 0.29) is 18.3 Å². The van der Waals surface area contributed by atoms with Gasteiger partial charge in [0.05, 0.1) is 36.4 Å². The second kappa shape index (κ2) is 9.07. The lowest BCUT2D eigenvalue weighted by Crippen LogP contribution is -2.69. The Morgan fingerprint density at radius 2 is 1.68 bits per heavy atom. The van der Waals surface area contributed by atoms with Crippen LogP contribution in [0.25, 0.3) is 0 Å². The van der Waals surface area contributed by atoms with Crippen LogP contribution in [-0.2, 0) is 14.3 Å². The summed E-state index contributed by atoms with van der Waals surface area (Å²) in [5.74, 6) is -1.72. The van der Waals surface area contributed by atoms with E-state index in [0.29, 0.717) is 38.5 Å². The van der Waals surface area contributed by atoms with Gasteiger partial charge in [0, 0.05) is 11.3 Å². The first-order valence-electron chi connectivity index (χ1n) is 13.5. The summed E-state index contributed by atoms with van der Waals surface area (Å²) >= 11 is 0. The highest BCUT2D eigenvalue weighted by molar-refractivity contribution is 5.77. The van der Waals surface area contributed by atoms with E-state index in [0.717, 1.165) is 0 Å². The molecule has 11 nitrogen and oxygen atoms in total. The van der Waals surface area contributed by atoms with Gasteiger partial charge in [-0.1, -0.05) is 13.3 Å². The summed E-state index contributed by atoms with van der Waals surface area (Å²) in [6.45, 7) is 2.65. The lowest BCUT2D eigenvalue weighted by Gasteiger charge is -2.66. The van der Waals surface area contributed by atoms with Crippen molar-refractivity contribution in [3.8, 4) is 0 Å². The van der Waals surface area contributed by atoms with Gasteiger partial charge in [-0.25, -0.2) is 0 Å². The van der Waals surface area contributed by atoms with Crippen molar-refractivity contribution in [2.45, 2.75) is 107 Å². The number of hydrogen-bond donors (Lipinski definition) is 8. The van der Waals surface area contributed by atoms with Crippen LogP contribution < -0.4 is 0 Å². The molecule has 0 radical (unpaired) electrons. The molecule has 8 N–H and O–H groups in total. The second-order valence-corrected chi connectivity index (χ2v) is 13.0. The largest absolute Gasteiger partial charge is 0.432 e. The van der Waals surface area contributed by atoms with Crippen molar-refractivity contribution in [3.05, 3.63) is 0 Å². The monoisotopic (exact) mass is 530 g/mol. The molecular weight excluding hydrogens is 488 g/mol. The molecule has 5 fully saturated rings. The average molecular weight is 531 g/mol. The van der Waals surface area contributed by atoms with Gasteiger partial charge in [-0.15, -0.1) is 0 Å². The van der Waals surface area contributed by atoms with Gasteiger partial charge >= 0.3 is 5.97 Å². The van der Waals surface area contributed by atoms with E-state index in [9.17, 15) is 45.6 Å². The van der Waals surface area contributed by atoms with E-state index in [1.807, 2.05) is 6.92 Å². The molecule has 11 heteroatoms. The second-order valence-electron chi connectivity index (χ2n) is 13.0. The molecule has 2 bridgehead atoms. The summed E-state index contributed by atoms with van der Waals surface area (Å²) in [6, 6.07) is 0. The predicted molar refractivity (Wildman–Crippen MR) is 125 cm³/mol. The highest BCUT2D eigenvalue weighted by atomic mass is 16.7. The minimum atomic E-state index is -1.74. The van der Waals surface area contributed by atoms with Crippen LogP contribution in [0.5, 0.6) is 0 Å². The molecular formula is C26H42O11. The van der Waals surface area contributed by atoms with E-state index in [1.54, 1.807) is 6.92 Å². The van der Waals surface area contributed by atoms with Crippen molar-refractivity contribution in [1.29, 1.82) is 0 Å². The van der Waals surface area contributed by atoms with Gasteiger partial charge in [-0.05, 0) is 62.7 Å². The Balaban J connectivity index is 1.45. The number of hydrogen-bond acceptors (Lipinski definition) is 11. The minimum Gasteiger partial charge on any atom is -0.432 e. The fourth-order valence-corrected chi connectivity index (χ4v) is 9.52. The van der Waals surface area contributed by atoms with Crippen molar-refractivity contribution in [2.75, 3.05) is 13.2 Å². The van der Waals surface area contributed by atoms with E-state index < -0.39 is 89.9 Å². The maximum absolute atomic E-state index is 13.7. The Hall–Kier alpha value is -0.890. The van der Waals surface area contributed by atoms with Gasteiger partial charge < -0.3 is 50.3 Å². The molecule has 14 atom stereocenters. The summed E-state index contributed by atoms with van der Waals surface area (Å²) in [5, 5.41) is 84.4. The van der Waals surface area contributed by atoms with Crippen molar-refractivity contribution < 1.29 is 55.1 Å². The Morgan fingerprint density at radius 1 is 0.973 bits per heavy atom. The number of ether oxygens (including phenoxy) is 2. The topological polar surface area (TPSA) is 197 Å². The first-order valence-corrected chi connectivity index (χ1v) is 13.5. The molecule has 0 amide bonds. The summed E-state index contributed by atoms with van der Waals surface area (Å²) in [6.07, 6.45) is -6.61. The molecule has 0 aromatic heterocycles. The van der Waals surface area contributed by atoms with Crippen LogP contribution in [0.15, 0.2) is 0 Å². The van der Waals surface area contributed by atoms with Gasteiger partial charge in [-0.3, -0.25) is 4.79 Å². The average Bonchev–Trinajstić information content (AvgIpc) is 3.09. The zero-order chi connectivity index (χ0) is 27.1. The van der Waals surface area contributed by atoms with Crippen LogP contribution in [-0.4, -0.2) is 109 Å². The van der Waals surface area contributed by atoms with Crippen LogP contribution >= 0.6 is 0 Å². The molecule has 37 heavy (non-hydrogen) atoms. The molecule has 0 aromatic rings. The van der Waals surface area contributed by atoms with Gasteiger partial charge in [0.2, 0.25) is 6.29 Å². The number of fused-ring (bicyclic) bond motifs is 3. The zero-order valence-electron chi connectivity index (χ0n) is 21.4. The first-order chi connectivity index (χ1) is 17.3. The highest BCUT2D eigenvalue weighted by Crippen LogP contribution is 2.73. The van der Waals surface area contributed by atoms with E-state index in [4.69, 9.17) is 9.47 Å². The number of rotatable bonds is 4. The lowest BCUT2D eigenvalue weighted by atomic mass is 9.39. The van der Waals surface area contributed by atoms with Crippen molar-refractivity contribution in [2.24, 2.45) is 34.0 Å². The Morgan fingerprint density at radius 3 is 2.32 bits per heavy atom. The summed E-state index contributed by atoms with van der Waals surface area (Å²) in [7, 11) is 0. The van der Waals surface area contributed by atoms with Crippen LogP contribution in [0.2, 0.25) is 0 Å². The third kappa shape index (κ3) is 3.69. The molecule has 0 unspecified atom stereocenters. The third-order valence-electron chi connectivity index (χ3n) is 11.2. The molecule has 1 spiro atoms. The number of esters is 1. The van der Waals surface area contributed by atoms with Crippen LogP contribution in [0.3, 0.4) is 0 Å². The molecule has 4 aliphatic carbocycles. The Kier molecular flexibility index (Phi) is 6.78. The number of carbonyl (C=O) groups is 1. The molecule has 5 aliphatic rings. The number of aliphatic hydroxyl groups excluding tert-OH is 7. The Labute approximate surface area is 216 Å². The fraction of sp³-hybridized carbons (Fsp3) is 0.962. The normalized spacial score (nSPS) is 57.4. The molecule has 1 saturated heterocycles. The lowest BCUT2D eigenvalue weighted by molar-refractivity contribution is -0.302. The van der Waals surface area contributed by atoms with Gasteiger partial charge in [0.25, 0.3) is 0 Å². The van der Waals surface area contributed by atoms with E-state index in [1.165, 1.54) is 0 Å². The van der Waals surface area contributed by atoms with Gasteiger partial charge in [0.1, 0.15) is 24.4 Å². The summed E-state index contributed by atoms with van der Waals surface area (Å²) < 4.78 is 11.0. The van der Waals surface area contributed by atoms with Gasteiger partial charge in [-0.2, -0.15) is 0 Å². The van der Waals surface area contributed by atoms with Crippen LogP contribution in [0.1, 0.15) is 58.8 Å². The quantitative estimate of drug-likeness (QED) is 0.195. The summed E-state index contributed by atoms with van der Waals surface area (Å²) in [5.41, 5.74) is -3.93. The standard InChI is InChI=1S/C26H42O11/c1-23-6-3-7-24(2,22(34)37-21-17(31)16(30)15(29)13(9-27)36-21)19(23)18(32)20(33)25-8-12(4-5-14(23)25)26(35,10-25)11-28/h12-21,27-33,35H,3-11H2,1-2H3/t12-,13-,14+,15-,16+,17-,18+,19+,20+,21+,23+,24-,25-,26-/m1/s1. The van der Waals surface area contributed by atoms with E-state index in [2.05, 4.69) is 0 Å². The molecule has 212 valence electrons. The van der Waals surface area contributed by atoms with Crippen LogP contribution in [0, 0.1) is 34.0 Å². The highest BCUT2D eigenvalue weighted by Gasteiger charge is 2.74. The fourth-order valence-electron chi connectivity index (χ4n) is 9.52. The number of aliphatic hydroxyl groups is 8. The molecule has 5 rings (SSSR count). The van der Waals surface area contributed by atoms with Crippen molar-refractivity contribution in [3.63, 3.8) is 0 Å². The van der Waals surface area contributed by atoms with Crippen molar-refractivity contribution in [1.82, 2.24) is 0 Å². The summed E-state index contributed by atoms with van der Waals surface area (Å²) in [4.78, 5) is 13.7. The molecule has 1 heterocycles. The zero-order valence-corrected chi connectivity index (χ0v) is 21.4. The maximum atomic E-state index is 13.7. The van der Waals surface area contributed by atoms with Crippen LogP contribution in [0.4, 0.5) is 0 Å². The molecule has 4 saturated carbocycles. The van der Waals surface area contributed by atoms with Crippen molar-refractivity contribution >= 4 is 5.97 Å². The minimum absolute atomic E-state index is 0.0973. The third-order valence-corrected chi connectivity index (χ3v) is 11.2. The Bertz CT molecular complexity index is 900. The first kappa shape index (κ1) is 27.7. The molecule has 1 aliphatic heterocycles. The smallest absolute Gasteiger partial charge is 0.314 e. The van der Waals surface area contributed by atoms with E-state index >= 15 is 0 Å². The van der Waals surface area contributed by atoms with Gasteiger partial charge in [0.15, 0.2) is 0 Å². The maximum Gasteiger partial charge on any atom is 0.314 e. The number of carbonyl (C=O) groups excluding carboxylic acids is 1. The predicted octanol–water partition coefficient (Wildman–Crippen LogP) is -1.59. The SMILES string of the molecule is C[C@@]12CCC[C@@](C)(C(=O)O[C@@H]3O[C@H](CO)[C@@H](O)[C@H](O)[C@H]3O)[C@H]1[C@H](O)[C@H](O)[C@@]13C[C@@H](CC[C@@H]21)[C@](O)(CO)C3.